The Morgan fingerprint density at radius 2 is 1.94 bits per heavy atom. The van der Waals surface area contributed by atoms with Crippen molar-refractivity contribution in [3.8, 4) is 0 Å². The van der Waals surface area contributed by atoms with E-state index in [0.717, 1.165) is 44.2 Å². The van der Waals surface area contributed by atoms with Crippen molar-refractivity contribution in [3.05, 3.63) is 29.3 Å². The lowest BCUT2D eigenvalue weighted by Crippen LogP contribution is -2.28. The van der Waals surface area contributed by atoms with E-state index in [1.807, 2.05) is 11.8 Å². The van der Waals surface area contributed by atoms with Gasteiger partial charge in [-0.2, -0.15) is 13.2 Å². The SMILES string of the molecule is Cc1ccc(C(F)(F)F)cc1N1CCCNCC1. The minimum atomic E-state index is -4.27. The summed E-state index contributed by atoms with van der Waals surface area (Å²) >= 11 is 0. The molecule has 1 N–H and O–H groups in total. The maximum Gasteiger partial charge on any atom is 0.416 e. The molecule has 1 saturated heterocycles. The Bertz CT molecular complexity index is 407. The molecule has 0 bridgehead atoms. The van der Waals surface area contributed by atoms with Crippen LogP contribution in [-0.4, -0.2) is 26.2 Å². The van der Waals surface area contributed by atoms with Gasteiger partial charge in [0.05, 0.1) is 5.56 Å². The van der Waals surface area contributed by atoms with Gasteiger partial charge in [-0.1, -0.05) is 6.07 Å². The van der Waals surface area contributed by atoms with Gasteiger partial charge in [0.2, 0.25) is 0 Å². The standard InChI is InChI=1S/C13H17F3N2/c1-10-3-4-11(13(14,15)16)9-12(10)18-7-2-5-17-6-8-18/h3-4,9,17H,2,5-8H2,1H3. The number of benzene rings is 1. The first-order chi connectivity index (χ1) is 8.48. The Kier molecular flexibility index (Phi) is 3.80. The molecule has 0 atom stereocenters. The van der Waals surface area contributed by atoms with Crippen LogP contribution < -0.4 is 10.2 Å². The van der Waals surface area contributed by atoms with Gasteiger partial charge in [0.15, 0.2) is 0 Å². The van der Waals surface area contributed by atoms with Crippen molar-refractivity contribution in [2.45, 2.75) is 19.5 Å². The van der Waals surface area contributed by atoms with Crippen LogP contribution in [0.25, 0.3) is 0 Å². The van der Waals surface area contributed by atoms with Gasteiger partial charge in [-0.25, -0.2) is 0 Å². The zero-order valence-corrected chi connectivity index (χ0v) is 10.3. The zero-order chi connectivity index (χ0) is 13.2. The molecule has 18 heavy (non-hydrogen) atoms. The summed E-state index contributed by atoms with van der Waals surface area (Å²) in [5.41, 5.74) is 1.03. The highest BCUT2D eigenvalue weighted by Crippen LogP contribution is 2.33. The fourth-order valence-electron chi connectivity index (χ4n) is 2.21. The number of alkyl halides is 3. The highest BCUT2D eigenvalue weighted by molar-refractivity contribution is 5.55. The van der Waals surface area contributed by atoms with Crippen LogP contribution in [0.5, 0.6) is 0 Å². The fourth-order valence-corrected chi connectivity index (χ4v) is 2.21. The van der Waals surface area contributed by atoms with Gasteiger partial charge < -0.3 is 10.2 Å². The van der Waals surface area contributed by atoms with E-state index >= 15 is 0 Å². The lowest BCUT2D eigenvalue weighted by atomic mass is 10.1. The summed E-state index contributed by atoms with van der Waals surface area (Å²) < 4.78 is 38.1. The summed E-state index contributed by atoms with van der Waals surface area (Å²) in [5.74, 6) is 0. The van der Waals surface area contributed by atoms with E-state index in [2.05, 4.69) is 5.32 Å². The lowest BCUT2D eigenvalue weighted by Gasteiger charge is -2.25. The number of halogens is 3. The molecule has 0 spiro atoms. The number of hydrogen-bond donors (Lipinski definition) is 1. The molecule has 0 unspecified atom stereocenters. The average molecular weight is 258 g/mol. The molecule has 1 heterocycles. The fraction of sp³-hybridized carbons (Fsp3) is 0.538. The first-order valence-electron chi connectivity index (χ1n) is 6.12. The third-order valence-electron chi connectivity index (χ3n) is 3.22. The van der Waals surface area contributed by atoms with Crippen LogP contribution in [-0.2, 0) is 6.18 Å². The minimum Gasteiger partial charge on any atom is -0.370 e. The van der Waals surface area contributed by atoms with E-state index in [-0.39, 0.29) is 0 Å². The first-order valence-corrected chi connectivity index (χ1v) is 6.12. The molecule has 5 heteroatoms. The van der Waals surface area contributed by atoms with Crippen molar-refractivity contribution in [1.29, 1.82) is 0 Å². The van der Waals surface area contributed by atoms with Gasteiger partial charge in [-0.05, 0) is 37.6 Å². The second-order valence-corrected chi connectivity index (χ2v) is 4.59. The van der Waals surface area contributed by atoms with Crippen LogP contribution >= 0.6 is 0 Å². The molecule has 0 amide bonds. The molecule has 2 rings (SSSR count). The van der Waals surface area contributed by atoms with E-state index in [1.165, 1.54) is 6.07 Å². The topological polar surface area (TPSA) is 15.3 Å². The molecule has 1 aliphatic heterocycles. The number of aryl methyl sites for hydroxylation is 1. The monoisotopic (exact) mass is 258 g/mol. The predicted octanol–water partition coefficient (Wildman–Crippen LogP) is 2.81. The molecular formula is C13H17F3N2. The van der Waals surface area contributed by atoms with Crippen molar-refractivity contribution < 1.29 is 13.2 Å². The summed E-state index contributed by atoms with van der Waals surface area (Å²) in [6.07, 6.45) is -3.32. The Labute approximate surface area is 105 Å². The molecule has 1 aromatic rings. The molecule has 1 fully saturated rings. The maximum atomic E-state index is 12.7. The Morgan fingerprint density at radius 1 is 1.17 bits per heavy atom. The van der Waals surface area contributed by atoms with Crippen molar-refractivity contribution in [3.63, 3.8) is 0 Å². The smallest absolute Gasteiger partial charge is 0.370 e. The Morgan fingerprint density at radius 3 is 2.67 bits per heavy atom. The third-order valence-corrected chi connectivity index (χ3v) is 3.22. The van der Waals surface area contributed by atoms with Crippen molar-refractivity contribution >= 4 is 5.69 Å². The molecule has 2 nitrogen and oxygen atoms in total. The van der Waals surface area contributed by atoms with Gasteiger partial charge in [0, 0.05) is 25.3 Å². The Balaban J connectivity index is 2.30. The van der Waals surface area contributed by atoms with Gasteiger partial charge in [0.1, 0.15) is 0 Å². The van der Waals surface area contributed by atoms with Crippen LogP contribution in [0, 0.1) is 6.92 Å². The van der Waals surface area contributed by atoms with Crippen molar-refractivity contribution in [1.82, 2.24) is 5.32 Å². The number of rotatable bonds is 1. The van der Waals surface area contributed by atoms with Crippen LogP contribution in [0.3, 0.4) is 0 Å². The van der Waals surface area contributed by atoms with Crippen molar-refractivity contribution in [2.75, 3.05) is 31.1 Å². The molecular weight excluding hydrogens is 241 g/mol. The summed E-state index contributed by atoms with van der Waals surface area (Å²) in [6, 6.07) is 3.96. The van der Waals surface area contributed by atoms with E-state index in [4.69, 9.17) is 0 Å². The lowest BCUT2D eigenvalue weighted by molar-refractivity contribution is -0.137. The number of nitrogens with one attached hydrogen (secondary N) is 1. The van der Waals surface area contributed by atoms with Crippen LogP contribution in [0.4, 0.5) is 18.9 Å². The largest absolute Gasteiger partial charge is 0.416 e. The Hall–Kier alpha value is -1.23. The quantitative estimate of drug-likeness (QED) is 0.833. The van der Waals surface area contributed by atoms with Crippen molar-refractivity contribution in [2.24, 2.45) is 0 Å². The average Bonchev–Trinajstić information content (AvgIpc) is 2.56. The van der Waals surface area contributed by atoms with E-state index in [0.29, 0.717) is 5.69 Å². The van der Waals surface area contributed by atoms with Crippen LogP contribution in [0.15, 0.2) is 18.2 Å². The maximum absolute atomic E-state index is 12.7. The number of nitrogens with zero attached hydrogens (tertiary/aromatic N) is 1. The second kappa shape index (κ2) is 5.18. The van der Waals surface area contributed by atoms with Gasteiger partial charge >= 0.3 is 6.18 Å². The van der Waals surface area contributed by atoms with Gasteiger partial charge in [-0.15, -0.1) is 0 Å². The highest BCUT2D eigenvalue weighted by atomic mass is 19.4. The van der Waals surface area contributed by atoms with Crippen LogP contribution in [0.1, 0.15) is 17.5 Å². The van der Waals surface area contributed by atoms with Gasteiger partial charge in [0.25, 0.3) is 0 Å². The third kappa shape index (κ3) is 2.96. The summed E-state index contributed by atoms with van der Waals surface area (Å²) in [7, 11) is 0. The number of hydrogen-bond acceptors (Lipinski definition) is 2. The minimum absolute atomic E-state index is 0.569. The van der Waals surface area contributed by atoms with Crippen LogP contribution in [0.2, 0.25) is 0 Å². The normalized spacial score (nSPS) is 17.7. The van der Waals surface area contributed by atoms with E-state index in [9.17, 15) is 13.2 Å². The second-order valence-electron chi connectivity index (χ2n) is 4.59. The van der Waals surface area contributed by atoms with E-state index < -0.39 is 11.7 Å². The molecule has 1 aromatic carbocycles. The molecule has 0 saturated carbocycles. The molecule has 1 aliphatic rings. The molecule has 0 aromatic heterocycles. The molecule has 0 radical (unpaired) electrons. The van der Waals surface area contributed by atoms with Gasteiger partial charge in [-0.3, -0.25) is 0 Å². The predicted molar refractivity (Wildman–Crippen MR) is 65.9 cm³/mol. The zero-order valence-electron chi connectivity index (χ0n) is 10.3. The summed E-state index contributed by atoms with van der Waals surface area (Å²) in [6.45, 7) is 5.15. The first kappa shape index (κ1) is 13.2. The molecule has 0 aliphatic carbocycles. The highest BCUT2D eigenvalue weighted by Gasteiger charge is 2.31. The summed E-state index contributed by atoms with van der Waals surface area (Å²) in [4.78, 5) is 2.03. The molecule has 100 valence electrons. The van der Waals surface area contributed by atoms with E-state index in [1.54, 1.807) is 6.07 Å². The number of anilines is 1. The summed E-state index contributed by atoms with van der Waals surface area (Å²) in [5, 5.41) is 3.25.